The molecule has 2 aliphatic heterocycles. The third-order valence-corrected chi connectivity index (χ3v) is 6.14. The van der Waals surface area contributed by atoms with Crippen molar-refractivity contribution >= 4 is 38.5 Å². The molecular formula is C15H19N3O3S2. The topological polar surface area (TPSA) is 78.8 Å². The standard InChI is InChI=1S/C15H19N3O3S2/c1-3-4-10(2)16-14(19)11-5-6-12-13(9-11)22-15-17-23(20,21)8-7-18(12)15/h5-6,9-10H,3-4,7-8H2,1-2H3,(H,16,19). The lowest BCUT2D eigenvalue weighted by Crippen LogP contribution is -2.35. The average molecular weight is 353 g/mol. The number of carbonyl (C=O) groups excluding carboxylic acids is 1. The molecule has 0 bridgehead atoms. The second-order valence-electron chi connectivity index (χ2n) is 5.76. The lowest BCUT2D eigenvalue weighted by molar-refractivity contribution is 0.0938. The second kappa shape index (κ2) is 6.16. The van der Waals surface area contributed by atoms with E-state index in [9.17, 15) is 13.2 Å². The fraction of sp³-hybridized carbons (Fsp3) is 0.467. The minimum atomic E-state index is -3.36. The van der Waals surface area contributed by atoms with Crippen molar-refractivity contribution in [3.05, 3.63) is 23.8 Å². The summed E-state index contributed by atoms with van der Waals surface area (Å²) >= 11 is 1.30. The first-order chi connectivity index (χ1) is 10.9. The van der Waals surface area contributed by atoms with Gasteiger partial charge >= 0.3 is 0 Å². The van der Waals surface area contributed by atoms with Crippen LogP contribution in [0, 0.1) is 0 Å². The number of hydrogen-bond donors (Lipinski definition) is 1. The third-order valence-electron chi connectivity index (χ3n) is 3.83. The van der Waals surface area contributed by atoms with Crippen molar-refractivity contribution in [1.82, 2.24) is 5.32 Å². The van der Waals surface area contributed by atoms with Crippen molar-refractivity contribution in [2.75, 3.05) is 17.2 Å². The Bertz CT molecular complexity index is 774. The van der Waals surface area contributed by atoms with Crippen LogP contribution in [0.1, 0.15) is 37.0 Å². The maximum Gasteiger partial charge on any atom is 0.257 e. The molecule has 0 saturated carbocycles. The van der Waals surface area contributed by atoms with Gasteiger partial charge in [0, 0.05) is 23.0 Å². The minimum Gasteiger partial charge on any atom is -0.350 e. The lowest BCUT2D eigenvalue weighted by atomic mass is 10.1. The van der Waals surface area contributed by atoms with E-state index >= 15 is 0 Å². The van der Waals surface area contributed by atoms with Gasteiger partial charge in [-0.05, 0) is 43.3 Å². The number of amides is 1. The third kappa shape index (κ3) is 3.37. The normalized spacial score (nSPS) is 19.6. The zero-order valence-electron chi connectivity index (χ0n) is 13.1. The predicted octanol–water partition coefficient (Wildman–Crippen LogP) is 2.22. The first-order valence-electron chi connectivity index (χ1n) is 7.62. The summed E-state index contributed by atoms with van der Waals surface area (Å²) in [7, 11) is -3.36. The molecule has 3 rings (SSSR count). The molecule has 0 fully saturated rings. The molecule has 0 aromatic heterocycles. The van der Waals surface area contributed by atoms with Crippen molar-refractivity contribution < 1.29 is 13.2 Å². The van der Waals surface area contributed by atoms with E-state index in [1.54, 1.807) is 6.07 Å². The summed E-state index contributed by atoms with van der Waals surface area (Å²) in [6.07, 6.45) is 1.96. The number of thioether (sulfide) groups is 1. The Balaban J connectivity index is 1.82. The Labute approximate surface area is 140 Å². The van der Waals surface area contributed by atoms with Crippen LogP contribution in [0.25, 0.3) is 0 Å². The molecule has 23 heavy (non-hydrogen) atoms. The largest absolute Gasteiger partial charge is 0.350 e. The molecule has 0 radical (unpaired) electrons. The van der Waals surface area contributed by atoms with E-state index in [1.165, 1.54) is 11.8 Å². The lowest BCUT2D eigenvalue weighted by Gasteiger charge is -2.22. The van der Waals surface area contributed by atoms with E-state index in [1.807, 2.05) is 24.0 Å². The number of amidine groups is 1. The highest BCUT2D eigenvalue weighted by Gasteiger charge is 2.33. The number of sulfonamides is 1. The van der Waals surface area contributed by atoms with E-state index in [0.29, 0.717) is 17.3 Å². The molecule has 8 heteroatoms. The number of fused-ring (bicyclic) bond motifs is 3. The zero-order chi connectivity index (χ0) is 16.6. The Morgan fingerprint density at radius 1 is 1.48 bits per heavy atom. The summed E-state index contributed by atoms with van der Waals surface area (Å²) in [6, 6.07) is 5.58. The highest BCUT2D eigenvalue weighted by molar-refractivity contribution is 8.15. The minimum absolute atomic E-state index is 0.0211. The van der Waals surface area contributed by atoms with Crippen LogP contribution in [0.5, 0.6) is 0 Å². The smallest absolute Gasteiger partial charge is 0.257 e. The summed E-state index contributed by atoms with van der Waals surface area (Å²) < 4.78 is 27.0. The molecule has 1 N–H and O–H groups in total. The Morgan fingerprint density at radius 3 is 3.00 bits per heavy atom. The van der Waals surface area contributed by atoms with Crippen molar-refractivity contribution in [3.8, 4) is 0 Å². The second-order valence-corrected chi connectivity index (χ2v) is 8.52. The van der Waals surface area contributed by atoms with Gasteiger partial charge in [0.25, 0.3) is 15.9 Å². The van der Waals surface area contributed by atoms with Crippen LogP contribution >= 0.6 is 11.8 Å². The van der Waals surface area contributed by atoms with Crippen LogP contribution in [0.2, 0.25) is 0 Å². The van der Waals surface area contributed by atoms with Crippen LogP contribution < -0.4 is 10.2 Å². The van der Waals surface area contributed by atoms with Gasteiger partial charge in [0.1, 0.15) is 0 Å². The quantitative estimate of drug-likeness (QED) is 0.898. The van der Waals surface area contributed by atoms with Crippen molar-refractivity contribution in [2.24, 2.45) is 4.40 Å². The van der Waals surface area contributed by atoms with Gasteiger partial charge in [-0.3, -0.25) is 4.79 Å². The van der Waals surface area contributed by atoms with Gasteiger partial charge in [-0.15, -0.1) is 4.40 Å². The summed E-state index contributed by atoms with van der Waals surface area (Å²) in [5.74, 6) is -0.0819. The molecular weight excluding hydrogens is 334 g/mol. The fourth-order valence-electron chi connectivity index (χ4n) is 2.68. The Morgan fingerprint density at radius 2 is 2.26 bits per heavy atom. The molecule has 1 aromatic carbocycles. The molecule has 0 spiro atoms. The fourth-order valence-corrected chi connectivity index (χ4v) is 4.98. The molecule has 6 nitrogen and oxygen atoms in total. The van der Waals surface area contributed by atoms with Gasteiger partial charge in [-0.25, -0.2) is 8.42 Å². The van der Waals surface area contributed by atoms with Gasteiger partial charge in [0.05, 0.1) is 11.4 Å². The molecule has 1 atom stereocenters. The van der Waals surface area contributed by atoms with Gasteiger partial charge in [-0.2, -0.15) is 0 Å². The summed E-state index contributed by atoms with van der Waals surface area (Å²) in [6.45, 7) is 4.48. The van der Waals surface area contributed by atoms with Gasteiger partial charge in [-0.1, -0.05) is 13.3 Å². The first-order valence-corrected chi connectivity index (χ1v) is 10.0. The number of nitrogens with zero attached hydrogens (tertiary/aromatic N) is 2. The number of benzene rings is 1. The molecule has 2 aliphatic rings. The average Bonchev–Trinajstić information content (AvgIpc) is 2.82. The van der Waals surface area contributed by atoms with Gasteiger partial charge in [0.2, 0.25) is 0 Å². The Hall–Kier alpha value is -1.54. The van der Waals surface area contributed by atoms with E-state index in [4.69, 9.17) is 0 Å². The van der Waals surface area contributed by atoms with Crippen LogP contribution in [-0.4, -0.2) is 37.8 Å². The number of anilines is 1. The van der Waals surface area contributed by atoms with Crippen molar-refractivity contribution in [3.63, 3.8) is 0 Å². The number of rotatable bonds is 4. The molecule has 1 aromatic rings. The monoisotopic (exact) mass is 353 g/mol. The predicted molar refractivity (Wildman–Crippen MR) is 92.7 cm³/mol. The molecule has 2 heterocycles. The summed E-state index contributed by atoms with van der Waals surface area (Å²) in [4.78, 5) is 15.1. The Kier molecular flexibility index (Phi) is 4.37. The molecule has 0 aliphatic carbocycles. The van der Waals surface area contributed by atoms with E-state index in [2.05, 4.69) is 16.6 Å². The van der Waals surface area contributed by atoms with Gasteiger partial charge in [0.15, 0.2) is 5.17 Å². The molecule has 1 unspecified atom stereocenters. The van der Waals surface area contributed by atoms with E-state index in [-0.39, 0.29) is 17.7 Å². The zero-order valence-corrected chi connectivity index (χ0v) is 14.7. The summed E-state index contributed by atoms with van der Waals surface area (Å²) in [5, 5.41) is 3.45. The molecule has 0 saturated heterocycles. The van der Waals surface area contributed by atoms with Gasteiger partial charge < -0.3 is 10.2 Å². The maximum absolute atomic E-state index is 12.3. The van der Waals surface area contributed by atoms with Crippen LogP contribution in [-0.2, 0) is 10.0 Å². The van der Waals surface area contributed by atoms with Crippen LogP contribution in [0.3, 0.4) is 0 Å². The summed E-state index contributed by atoms with van der Waals surface area (Å²) in [5.41, 5.74) is 1.50. The van der Waals surface area contributed by atoms with Crippen LogP contribution in [0.4, 0.5) is 5.69 Å². The molecule has 124 valence electrons. The van der Waals surface area contributed by atoms with E-state index in [0.717, 1.165) is 23.4 Å². The highest BCUT2D eigenvalue weighted by Crippen LogP contribution is 2.42. The number of carbonyl (C=O) groups is 1. The number of nitrogens with one attached hydrogen (secondary N) is 1. The van der Waals surface area contributed by atoms with Crippen molar-refractivity contribution in [2.45, 2.75) is 37.6 Å². The maximum atomic E-state index is 12.3. The molecule has 1 amide bonds. The van der Waals surface area contributed by atoms with Crippen molar-refractivity contribution in [1.29, 1.82) is 0 Å². The van der Waals surface area contributed by atoms with Crippen LogP contribution in [0.15, 0.2) is 27.5 Å². The SMILES string of the molecule is CCCC(C)NC(=O)c1ccc2c(c1)SC1=NS(=O)(=O)CCN12. The first kappa shape index (κ1) is 16.3. The highest BCUT2D eigenvalue weighted by atomic mass is 32.2. The number of hydrogen-bond acceptors (Lipinski definition) is 5. The van der Waals surface area contributed by atoms with E-state index < -0.39 is 10.0 Å².